The molecule has 128 valence electrons. The van der Waals surface area contributed by atoms with E-state index in [4.69, 9.17) is 10.00 Å². The van der Waals surface area contributed by atoms with E-state index in [1.54, 1.807) is 25.4 Å². The van der Waals surface area contributed by atoms with E-state index in [1.807, 2.05) is 24.3 Å². The molecule has 25 heavy (non-hydrogen) atoms. The van der Waals surface area contributed by atoms with E-state index in [1.165, 1.54) is 6.92 Å². The number of nitrogens with zero attached hydrogens (tertiary/aromatic N) is 3. The van der Waals surface area contributed by atoms with Crippen LogP contribution in [0.25, 0.3) is 0 Å². The molecule has 0 bridgehead atoms. The number of pyridine rings is 1. The Bertz CT molecular complexity index is 798. The summed E-state index contributed by atoms with van der Waals surface area (Å²) >= 11 is 0. The van der Waals surface area contributed by atoms with Crippen LogP contribution in [0.15, 0.2) is 42.6 Å². The molecule has 0 aliphatic carbocycles. The third kappa shape index (κ3) is 3.72. The zero-order chi connectivity index (χ0) is 17.8. The van der Waals surface area contributed by atoms with E-state index in [9.17, 15) is 4.79 Å². The van der Waals surface area contributed by atoms with Crippen molar-refractivity contribution in [3.63, 3.8) is 0 Å². The Morgan fingerprint density at radius 3 is 2.72 bits per heavy atom. The van der Waals surface area contributed by atoms with Crippen molar-refractivity contribution in [2.24, 2.45) is 0 Å². The van der Waals surface area contributed by atoms with Gasteiger partial charge >= 0.3 is 0 Å². The number of carbonyl (C=O) groups excluding carboxylic acids is 1. The minimum Gasteiger partial charge on any atom is -0.497 e. The van der Waals surface area contributed by atoms with Crippen LogP contribution < -0.4 is 15.0 Å². The Labute approximate surface area is 147 Å². The van der Waals surface area contributed by atoms with Crippen LogP contribution in [0.4, 0.5) is 5.82 Å². The molecule has 3 rings (SSSR count). The number of carbonyl (C=O) groups is 1. The lowest BCUT2D eigenvalue weighted by Gasteiger charge is -2.19. The first-order chi connectivity index (χ1) is 12.1. The number of hydrogen-bond donors (Lipinski definition) is 1. The lowest BCUT2D eigenvalue weighted by molar-refractivity contribution is -0.119. The van der Waals surface area contributed by atoms with Crippen LogP contribution in [-0.2, 0) is 4.79 Å². The summed E-state index contributed by atoms with van der Waals surface area (Å²) in [5.74, 6) is 1.65. The summed E-state index contributed by atoms with van der Waals surface area (Å²) in [6, 6.07) is 13.5. The van der Waals surface area contributed by atoms with Gasteiger partial charge in [-0.3, -0.25) is 4.79 Å². The van der Waals surface area contributed by atoms with Crippen LogP contribution in [0.1, 0.15) is 24.0 Å². The van der Waals surface area contributed by atoms with Crippen LogP contribution >= 0.6 is 0 Å². The van der Waals surface area contributed by atoms with Crippen molar-refractivity contribution in [3.8, 4) is 11.8 Å². The highest BCUT2D eigenvalue weighted by atomic mass is 16.5. The number of nitriles is 1. The maximum absolute atomic E-state index is 11.6. The van der Waals surface area contributed by atoms with Crippen LogP contribution in [0.3, 0.4) is 0 Å². The van der Waals surface area contributed by atoms with Gasteiger partial charge in [-0.15, -0.1) is 0 Å². The average Bonchev–Trinajstić information content (AvgIpc) is 3.05. The van der Waals surface area contributed by atoms with E-state index >= 15 is 0 Å². The number of anilines is 1. The standard InChI is InChI=1S/C19H20N4O2/c1-13(24)22-18-12-23(19-9-14(10-20)7-8-21-19)11-17(18)15-3-5-16(25-2)6-4-15/h3-9,17-18H,11-12H2,1-2H3,(H,22,24). The summed E-state index contributed by atoms with van der Waals surface area (Å²) in [5, 5.41) is 12.1. The van der Waals surface area contributed by atoms with Crippen molar-refractivity contribution in [1.82, 2.24) is 10.3 Å². The molecule has 6 nitrogen and oxygen atoms in total. The molecule has 1 N–H and O–H groups in total. The molecule has 2 atom stereocenters. The van der Waals surface area contributed by atoms with Gasteiger partial charge in [-0.2, -0.15) is 5.26 Å². The van der Waals surface area contributed by atoms with Gasteiger partial charge in [0, 0.05) is 32.1 Å². The second-order valence-corrected chi connectivity index (χ2v) is 6.11. The maximum atomic E-state index is 11.6. The molecule has 1 fully saturated rings. The number of ether oxygens (including phenoxy) is 1. The SMILES string of the molecule is COc1ccc(C2CN(c3cc(C#N)ccn3)CC2NC(C)=O)cc1. The molecule has 0 radical (unpaired) electrons. The van der Waals surface area contributed by atoms with E-state index in [0.717, 1.165) is 23.7 Å². The Kier molecular flexibility index (Phi) is 4.85. The lowest BCUT2D eigenvalue weighted by atomic mass is 9.94. The van der Waals surface area contributed by atoms with Crippen molar-refractivity contribution in [1.29, 1.82) is 5.26 Å². The molecular weight excluding hydrogens is 316 g/mol. The van der Waals surface area contributed by atoms with E-state index in [-0.39, 0.29) is 17.9 Å². The normalized spacial score (nSPS) is 19.3. The summed E-state index contributed by atoms with van der Waals surface area (Å²) in [6.45, 7) is 2.90. The first-order valence-corrected chi connectivity index (χ1v) is 8.13. The van der Waals surface area contributed by atoms with Gasteiger partial charge in [-0.1, -0.05) is 12.1 Å². The van der Waals surface area contributed by atoms with Gasteiger partial charge in [0.2, 0.25) is 5.91 Å². The highest BCUT2D eigenvalue weighted by molar-refractivity contribution is 5.73. The van der Waals surface area contributed by atoms with Crippen LogP contribution in [0.5, 0.6) is 5.75 Å². The molecule has 2 unspecified atom stereocenters. The fourth-order valence-electron chi connectivity index (χ4n) is 3.25. The van der Waals surface area contributed by atoms with Gasteiger partial charge in [-0.05, 0) is 29.8 Å². The molecule has 0 saturated carbocycles. The lowest BCUT2D eigenvalue weighted by Crippen LogP contribution is -2.38. The number of methoxy groups -OCH3 is 1. The number of rotatable bonds is 4. The summed E-state index contributed by atoms with van der Waals surface area (Å²) in [7, 11) is 1.64. The molecule has 1 aromatic carbocycles. The van der Waals surface area contributed by atoms with Crippen molar-refractivity contribution in [2.45, 2.75) is 18.9 Å². The molecule has 2 heterocycles. The number of nitrogens with one attached hydrogen (secondary N) is 1. The maximum Gasteiger partial charge on any atom is 0.217 e. The topological polar surface area (TPSA) is 78.2 Å². The second-order valence-electron chi connectivity index (χ2n) is 6.11. The fraction of sp³-hybridized carbons (Fsp3) is 0.316. The zero-order valence-electron chi connectivity index (χ0n) is 14.3. The predicted molar refractivity (Wildman–Crippen MR) is 94.5 cm³/mol. The number of benzene rings is 1. The van der Waals surface area contributed by atoms with E-state index < -0.39 is 0 Å². The summed E-state index contributed by atoms with van der Waals surface area (Å²) in [4.78, 5) is 18.1. The smallest absolute Gasteiger partial charge is 0.217 e. The van der Waals surface area contributed by atoms with Crippen molar-refractivity contribution in [2.75, 3.05) is 25.1 Å². The summed E-state index contributed by atoms with van der Waals surface area (Å²) in [6.07, 6.45) is 1.64. The molecule has 1 saturated heterocycles. The molecule has 1 amide bonds. The average molecular weight is 336 g/mol. The van der Waals surface area contributed by atoms with Gasteiger partial charge in [0.25, 0.3) is 0 Å². The predicted octanol–water partition coefficient (Wildman–Crippen LogP) is 2.07. The van der Waals surface area contributed by atoms with Gasteiger partial charge in [-0.25, -0.2) is 4.98 Å². The van der Waals surface area contributed by atoms with Crippen LogP contribution in [-0.4, -0.2) is 37.1 Å². The Morgan fingerprint density at radius 2 is 2.08 bits per heavy atom. The van der Waals surface area contributed by atoms with E-state index in [0.29, 0.717) is 12.1 Å². The summed E-state index contributed by atoms with van der Waals surface area (Å²) in [5.41, 5.74) is 1.72. The molecule has 6 heteroatoms. The van der Waals surface area contributed by atoms with Crippen molar-refractivity contribution >= 4 is 11.7 Å². The first kappa shape index (κ1) is 16.8. The van der Waals surface area contributed by atoms with Crippen LogP contribution in [0, 0.1) is 11.3 Å². The minimum atomic E-state index is -0.0518. The third-order valence-electron chi connectivity index (χ3n) is 4.45. The fourth-order valence-corrected chi connectivity index (χ4v) is 3.25. The molecule has 2 aromatic rings. The van der Waals surface area contributed by atoms with Crippen molar-refractivity contribution < 1.29 is 9.53 Å². The van der Waals surface area contributed by atoms with Crippen molar-refractivity contribution in [3.05, 3.63) is 53.7 Å². The molecule has 0 spiro atoms. The molecule has 1 aliphatic rings. The van der Waals surface area contributed by atoms with E-state index in [2.05, 4.69) is 21.3 Å². The number of hydrogen-bond acceptors (Lipinski definition) is 5. The molecule has 1 aliphatic heterocycles. The van der Waals surface area contributed by atoms with Crippen LogP contribution in [0.2, 0.25) is 0 Å². The number of amides is 1. The van der Waals surface area contributed by atoms with Gasteiger partial charge < -0.3 is 15.0 Å². The third-order valence-corrected chi connectivity index (χ3v) is 4.45. The Hall–Kier alpha value is -3.07. The first-order valence-electron chi connectivity index (χ1n) is 8.13. The van der Waals surface area contributed by atoms with Gasteiger partial charge in [0.15, 0.2) is 0 Å². The molecule has 1 aromatic heterocycles. The Morgan fingerprint density at radius 1 is 1.32 bits per heavy atom. The highest BCUT2D eigenvalue weighted by Crippen LogP contribution is 2.31. The summed E-state index contributed by atoms with van der Waals surface area (Å²) < 4.78 is 5.22. The van der Waals surface area contributed by atoms with Gasteiger partial charge in [0.05, 0.1) is 24.8 Å². The highest BCUT2D eigenvalue weighted by Gasteiger charge is 2.35. The quantitative estimate of drug-likeness (QED) is 0.925. The number of aromatic nitrogens is 1. The Balaban J connectivity index is 1.87. The van der Waals surface area contributed by atoms with Gasteiger partial charge in [0.1, 0.15) is 11.6 Å². The minimum absolute atomic E-state index is 0.0153. The monoisotopic (exact) mass is 336 g/mol. The zero-order valence-corrected chi connectivity index (χ0v) is 14.3. The largest absolute Gasteiger partial charge is 0.497 e. The molecular formula is C19H20N4O2. The second kappa shape index (κ2) is 7.22.